The summed E-state index contributed by atoms with van der Waals surface area (Å²) in [5.74, 6) is 0.705. The summed E-state index contributed by atoms with van der Waals surface area (Å²) in [6, 6.07) is 5.56. The molecule has 4 nitrogen and oxygen atoms in total. The molecule has 1 aromatic heterocycles. The fourth-order valence-corrected chi connectivity index (χ4v) is 1.73. The average molecular weight is 270 g/mol. The molecule has 2 N–H and O–H groups in total. The van der Waals surface area contributed by atoms with Crippen LogP contribution in [0.25, 0.3) is 0 Å². The Morgan fingerprint density at radius 3 is 2.68 bits per heavy atom. The fourth-order valence-electron chi connectivity index (χ4n) is 1.73. The molecule has 0 aliphatic heterocycles. The molecule has 1 heterocycles. The van der Waals surface area contributed by atoms with Gasteiger partial charge in [-0.15, -0.1) is 0 Å². The van der Waals surface area contributed by atoms with E-state index in [-0.39, 0.29) is 12.1 Å². The Labute approximate surface area is 108 Å². The van der Waals surface area contributed by atoms with E-state index in [1.165, 1.54) is 18.5 Å². The van der Waals surface area contributed by atoms with Crippen LogP contribution in [0.15, 0.2) is 30.6 Å². The maximum atomic E-state index is 12.7. The van der Waals surface area contributed by atoms with Crippen molar-refractivity contribution >= 4 is 0 Å². The highest BCUT2D eigenvalue weighted by molar-refractivity contribution is 5.29. The van der Waals surface area contributed by atoms with Crippen LogP contribution in [0, 0.1) is 0 Å². The number of hydrogen-bond acceptors (Lipinski definition) is 3. The topological polar surface area (TPSA) is 53.6 Å². The predicted octanol–water partition coefficient (Wildman–Crippen LogP) is 2.16. The smallest absolute Gasteiger partial charge is 0.312 e. The zero-order valence-corrected chi connectivity index (χ0v) is 10.0. The number of rotatable bonds is 5. The van der Waals surface area contributed by atoms with Gasteiger partial charge in [0.1, 0.15) is 12.2 Å². The van der Waals surface area contributed by atoms with Crippen molar-refractivity contribution < 1.29 is 13.2 Å². The molecule has 0 saturated heterocycles. The molecule has 19 heavy (non-hydrogen) atoms. The number of nitrogens with one attached hydrogen (secondary N) is 2. The first-order valence-electron chi connectivity index (χ1n) is 5.77. The summed E-state index contributed by atoms with van der Waals surface area (Å²) in [5.41, 5.74) is -0.352. The van der Waals surface area contributed by atoms with E-state index in [0.29, 0.717) is 18.8 Å². The maximum absolute atomic E-state index is 12.7. The lowest BCUT2D eigenvalue weighted by atomic mass is 10.1. The highest BCUT2D eigenvalue weighted by Crippen LogP contribution is 2.31. The average Bonchev–Trinajstić information content (AvgIpc) is 2.87. The van der Waals surface area contributed by atoms with E-state index in [2.05, 4.69) is 20.5 Å². The SMILES string of the molecule is FC(F)(F)c1ccccc1CNCCc1ncn[nH]1. The maximum Gasteiger partial charge on any atom is 0.416 e. The van der Waals surface area contributed by atoms with Crippen molar-refractivity contribution in [2.45, 2.75) is 19.1 Å². The number of alkyl halides is 3. The number of aromatic amines is 1. The van der Waals surface area contributed by atoms with Crippen molar-refractivity contribution in [3.63, 3.8) is 0 Å². The van der Waals surface area contributed by atoms with E-state index in [1.54, 1.807) is 6.07 Å². The molecule has 0 atom stereocenters. The van der Waals surface area contributed by atoms with Gasteiger partial charge in [-0.1, -0.05) is 18.2 Å². The van der Waals surface area contributed by atoms with Crippen LogP contribution in [0.5, 0.6) is 0 Å². The zero-order chi connectivity index (χ0) is 13.7. The Bertz CT molecular complexity index is 508. The standard InChI is InChI=1S/C12H13F3N4/c13-12(14,15)10-4-2-1-3-9(10)7-16-6-5-11-17-8-18-19-11/h1-4,8,16H,5-7H2,(H,17,18,19). The van der Waals surface area contributed by atoms with Gasteiger partial charge in [-0.2, -0.15) is 18.3 Å². The summed E-state index contributed by atoms with van der Waals surface area (Å²) in [7, 11) is 0. The third-order valence-electron chi connectivity index (χ3n) is 2.64. The fraction of sp³-hybridized carbons (Fsp3) is 0.333. The summed E-state index contributed by atoms with van der Waals surface area (Å²) in [6.45, 7) is 0.700. The summed E-state index contributed by atoms with van der Waals surface area (Å²) in [4.78, 5) is 3.93. The Morgan fingerprint density at radius 2 is 2.00 bits per heavy atom. The van der Waals surface area contributed by atoms with Crippen LogP contribution in [-0.2, 0) is 19.1 Å². The zero-order valence-electron chi connectivity index (χ0n) is 10.0. The lowest BCUT2D eigenvalue weighted by Gasteiger charge is -2.12. The van der Waals surface area contributed by atoms with Crippen molar-refractivity contribution in [1.82, 2.24) is 20.5 Å². The summed E-state index contributed by atoms with van der Waals surface area (Å²) < 4.78 is 38.2. The van der Waals surface area contributed by atoms with E-state index in [9.17, 15) is 13.2 Å². The Morgan fingerprint density at radius 1 is 1.21 bits per heavy atom. The third-order valence-corrected chi connectivity index (χ3v) is 2.64. The number of aromatic nitrogens is 3. The summed E-state index contributed by atoms with van der Waals surface area (Å²) in [5, 5.41) is 9.35. The first kappa shape index (κ1) is 13.5. The molecule has 102 valence electrons. The van der Waals surface area contributed by atoms with Gasteiger partial charge in [-0.05, 0) is 11.6 Å². The van der Waals surface area contributed by atoms with Crippen molar-refractivity contribution in [2.75, 3.05) is 6.54 Å². The van der Waals surface area contributed by atoms with Crippen LogP contribution in [0.4, 0.5) is 13.2 Å². The molecule has 0 amide bonds. The van der Waals surface area contributed by atoms with E-state index < -0.39 is 11.7 Å². The normalized spacial score (nSPS) is 11.7. The second kappa shape index (κ2) is 5.83. The Balaban J connectivity index is 1.89. The molecule has 0 saturated carbocycles. The highest BCUT2D eigenvalue weighted by atomic mass is 19.4. The van der Waals surface area contributed by atoms with Crippen LogP contribution in [0.3, 0.4) is 0 Å². The van der Waals surface area contributed by atoms with E-state index in [4.69, 9.17) is 0 Å². The van der Waals surface area contributed by atoms with Gasteiger partial charge >= 0.3 is 6.18 Å². The summed E-state index contributed by atoms with van der Waals surface area (Å²) >= 11 is 0. The predicted molar refractivity (Wildman–Crippen MR) is 63.2 cm³/mol. The number of hydrogen-bond donors (Lipinski definition) is 2. The van der Waals surface area contributed by atoms with E-state index in [0.717, 1.165) is 6.07 Å². The minimum absolute atomic E-state index is 0.170. The van der Waals surface area contributed by atoms with Gasteiger partial charge in [0.25, 0.3) is 0 Å². The van der Waals surface area contributed by atoms with Crippen molar-refractivity contribution in [1.29, 1.82) is 0 Å². The first-order chi connectivity index (χ1) is 9.07. The third kappa shape index (κ3) is 3.78. The molecule has 0 unspecified atom stereocenters. The monoisotopic (exact) mass is 270 g/mol. The van der Waals surface area contributed by atoms with Crippen LogP contribution < -0.4 is 5.32 Å². The number of benzene rings is 1. The first-order valence-corrected chi connectivity index (χ1v) is 5.77. The van der Waals surface area contributed by atoms with Gasteiger partial charge in [0.05, 0.1) is 5.56 Å². The molecular weight excluding hydrogens is 257 g/mol. The quantitative estimate of drug-likeness (QED) is 0.819. The molecule has 0 aliphatic carbocycles. The van der Waals surface area contributed by atoms with Crippen LogP contribution in [-0.4, -0.2) is 21.7 Å². The van der Waals surface area contributed by atoms with Gasteiger partial charge in [-0.25, -0.2) is 4.98 Å². The van der Waals surface area contributed by atoms with Crippen LogP contribution >= 0.6 is 0 Å². The highest BCUT2D eigenvalue weighted by Gasteiger charge is 2.32. The van der Waals surface area contributed by atoms with Crippen molar-refractivity contribution in [2.24, 2.45) is 0 Å². The number of nitrogens with zero attached hydrogens (tertiary/aromatic N) is 2. The number of halogens is 3. The molecule has 2 rings (SSSR count). The molecule has 0 spiro atoms. The minimum Gasteiger partial charge on any atom is -0.312 e. The van der Waals surface area contributed by atoms with Crippen LogP contribution in [0.2, 0.25) is 0 Å². The Kier molecular flexibility index (Phi) is 4.16. The molecule has 7 heteroatoms. The van der Waals surface area contributed by atoms with Gasteiger partial charge < -0.3 is 5.32 Å². The molecule has 0 aliphatic rings. The Hall–Kier alpha value is -1.89. The van der Waals surface area contributed by atoms with E-state index in [1.807, 2.05) is 0 Å². The van der Waals surface area contributed by atoms with Gasteiger partial charge in [0.2, 0.25) is 0 Å². The van der Waals surface area contributed by atoms with Crippen molar-refractivity contribution in [3.8, 4) is 0 Å². The lowest BCUT2D eigenvalue weighted by molar-refractivity contribution is -0.138. The lowest BCUT2D eigenvalue weighted by Crippen LogP contribution is -2.20. The van der Waals surface area contributed by atoms with Gasteiger partial charge in [0.15, 0.2) is 0 Å². The molecule has 0 radical (unpaired) electrons. The molecule has 0 bridgehead atoms. The molecule has 0 fully saturated rings. The largest absolute Gasteiger partial charge is 0.416 e. The van der Waals surface area contributed by atoms with E-state index >= 15 is 0 Å². The van der Waals surface area contributed by atoms with Crippen LogP contribution in [0.1, 0.15) is 17.0 Å². The second-order valence-corrected chi connectivity index (χ2v) is 4.01. The number of H-pyrrole nitrogens is 1. The molecular formula is C12H13F3N4. The van der Waals surface area contributed by atoms with Crippen molar-refractivity contribution in [3.05, 3.63) is 47.5 Å². The van der Waals surface area contributed by atoms with Gasteiger partial charge in [0, 0.05) is 19.5 Å². The minimum atomic E-state index is -4.32. The molecule has 2 aromatic rings. The second-order valence-electron chi connectivity index (χ2n) is 4.01. The van der Waals surface area contributed by atoms with Gasteiger partial charge in [-0.3, -0.25) is 5.10 Å². The summed E-state index contributed by atoms with van der Waals surface area (Å²) in [6.07, 6.45) is -2.33. The molecule has 1 aromatic carbocycles.